The number of anilines is 2. The maximum absolute atomic E-state index is 12.2. The van der Waals surface area contributed by atoms with Crippen molar-refractivity contribution in [1.82, 2.24) is 0 Å². The van der Waals surface area contributed by atoms with Gasteiger partial charge in [-0.2, -0.15) is 0 Å². The molecule has 0 aliphatic rings. The van der Waals surface area contributed by atoms with Crippen molar-refractivity contribution in [2.24, 2.45) is 0 Å². The van der Waals surface area contributed by atoms with E-state index in [2.05, 4.69) is 23.8 Å². The Morgan fingerprint density at radius 3 is 1.96 bits per heavy atom. The molecule has 5 heteroatoms. The molecule has 27 heavy (non-hydrogen) atoms. The van der Waals surface area contributed by atoms with Crippen molar-refractivity contribution in [3.05, 3.63) is 72.8 Å². The predicted octanol–water partition coefficient (Wildman–Crippen LogP) is 4.65. The first-order valence-electron chi connectivity index (χ1n) is 8.70. The van der Waals surface area contributed by atoms with E-state index >= 15 is 0 Å². The summed E-state index contributed by atoms with van der Waals surface area (Å²) in [4.78, 5) is 12.2. The molecule has 0 aliphatic carbocycles. The minimum atomic E-state index is -0.152. The fourth-order valence-corrected chi connectivity index (χ4v) is 2.16. The van der Waals surface area contributed by atoms with E-state index in [1.165, 1.54) is 0 Å². The monoisotopic (exact) mass is 366 g/mol. The Balaban J connectivity index is 1.85. The molecule has 1 amide bonds. The summed E-state index contributed by atoms with van der Waals surface area (Å²) in [5, 5.41) is 5.94. The molecular formula is C22H26N2O3. The van der Waals surface area contributed by atoms with Crippen LogP contribution in [0, 0.1) is 0 Å². The molecule has 0 aliphatic heterocycles. The van der Waals surface area contributed by atoms with E-state index < -0.39 is 0 Å². The van der Waals surface area contributed by atoms with Crippen molar-refractivity contribution in [2.45, 2.75) is 13.8 Å². The van der Waals surface area contributed by atoms with Crippen molar-refractivity contribution in [1.29, 1.82) is 0 Å². The highest BCUT2D eigenvalue weighted by molar-refractivity contribution is 5.93. The molecule has 0 unspecified atom stereocenters. The van der Waals surface area contributed by atoms with Crippen LogP contribution in [0.4, 0.5) is 11.4 Å². The molecule has 0 saturated carbocycles. The Labute approximate surface area is 160 Å². The van der Waals surface area contributed by atoms with Crippen molar-refractivity contribution < 1.29 is 14.3 Å². The molecule has 0 fully saturated rings. The van der Waals surface area contributed by atoms with Crippen LogP contribution >= 0.6 is 0 Å². The Bertz CT molecular complexity index is 815. The van der Waals surface area contributed by atoms with Crippen LogP contribution in [0.2, 0.25) is 0 Å². The van der Waals surface area contributed by atoms with Crippen molar-refractivity contribution in [2.75, 3.05) is 30.4 Å². The van der Waals surface area contributed by atoms with Gasteiger partial charge in [0.25, 0.3) is 0 Å². The van der Waals surface area contributed by atoms with Crippen LogP contribution in [-0.4, -0.2) is 25.7 Å². The highest BCUT2D eigenvalue weighted by Gasteiger charge is 2.05. The summed E-state index contributed by atoms with van der Waals surface area (Å²) in [6, 6.07) is 14.7. The topological polar surface area (TPSA) is 59.6 Å². The van der Waals surface area contributed by atoms with Gasteiger partial charge in [-0.1, -0.05) is 25.3 Å². The van der Waals surface area contributed by atoms with Gasteiger partial charge in [0.1, 0.15) is 24.7 Å². The lowest BCUT2D eigenvalue weighted by Gasteiger charge is -2.11. The molecule has 2 aromatic rings. The molecule has 0 aromatic heterocycles. The molecule has 0 radical (unpaired) electrons. The molecule has 2 aromatic carbocycles. The SMILES string of the molecule is C=C(C)COc1cccc(NCC(=O)Nc2cccc(OCC(=C)C)c2)c1. The number of benzene rings is 2. The third-order valence-electron chi connectivity index (χ3n) is 3.38. The van der Waals surface area contributed by atoms with Gasteiger partial charge in [0, 0.05) is 23.5 Å². The Hall–Kier alpha value is -3.21. The lowest BCUT2D eigenvalue weighted by atomic mass is 10.3. The summed E-state index contributed by atoms with van der Waals surface area (Å²) in [6.45, 7) is 12.5. The first kappa shape index (κ1) is 20.1. The van der Waals surface area contributed by atoms with E-state index in [9.17, 15) is 4.79 Å². The zero-order chi connectivity index (χ0) is 19.6. The number of carbonyl (C=O) groups is 1. The van der Waals surface area contributed by atoms with Crippen LogP contribution in [0.1, 0.15) is 13.8 Å². The Kier molecular flexibility index (Phi) is 7.49. The normalized spacial score (nSPS) is 10.0. The molecular weight excluding hydrogens is 340 g/mol. The molecule has 142 valence electrons. The van der Waals surface area contributed by atoms with Crippen LogP contribution in [0.15, 0.2) is 72.8 Å². The third-order valence-corrected chi connectivity index (χ3v) is 3.38. The smallest absolute Gasteiger partial charge is 0.243 e. The van der Waals surface area contributed by atoms with Crippen LogP contribution in [0.5, 0.6) is 11.5 Å². The van der Waals surface area contributed by atoms with Crippen LogP contribution < -0.4 is 20.1 Å². The maximum atomic E-state index is 12.2. The minimum Gasteiger partial charge on any atom is -0.489 e. The molecule has 2 N–H and O–H groups in total. The summed E-state index contributed by atoms with van der Waals surface area (Å²) in [6.07, 6.45) is 0. The number of hydrogen-bond acceptors (Lipinski definition) is 4. The van der Waals surface area contributed by atoms with Gasteiger partial charge in [-0.05, 0) is 49.3 Å². The van der Waals surface area contributed by atoms with Gasteiger partial charge in [-0.25, -0.2) is 0 Å². The molecule has 0 atom stereocenters. The van der Waals surface area contributed by atoms with E-state index in [0.717, 1.165) is 22.6 Å². The van der Waals surface area contributed by atoms with Crippen molar-refractivity contribution in [3.8, 4) is 11.5 Å². The van der Waals surface area contributed by atoms with E-state index in [0.29, 0.717) is 24.7 Å². The van der Waals surface area contributed by atoms with E-state index in [1.54, 1.807) is 6.07 Å². The highest BCUT2D eigenvalue weighted by atomic mass is 16.5. The lowest BCUT2D eigenvalue weighted by Crippen LogP contribution is -2.21. The van der Waals surface area contributed by atoms with Crippen LogP contribution in [0.25, 0.3) is 0 Å². The molecule has 0 saturated heterocycles. The predicted molar refractivity (Wildman–Crippen MR) is 111 cm³/mol. The number of rotatable bonds is 10. The maximum Gasteiger partial charge on any atom is 0.243 e. The summed E-state index contributed by atoms with van der Waals surface area (Å²) >= 11 is 0. The molecule has 5 nitrogen and oxygen atoms in total. The molecule has 0 spiro atoms. The number of nitrogens with one attached hydrogen (secondary N) is 2. The second kappa shape index (κ2) is 10.1. The average molecular weight is 366 g/mol. The van der Waals surface area contributed by atoms with E-state index in [4.69, 9.17) is 9.47 Å². The van der Waals surface area contributed by atoms with E-state index in [-0.39, 0.29) is 12.5 Å². The largest absolute Gasteiger partial charge is 0.489 e. The van der Waals surface area contributed by atoms with Gasteiger partial charge in [-0.3, -0.25) is 4.79 Å². The van der Waals surface area contributed by atoms with Gasteiger partial charge in [-0.15, -0.1) is 0 Å². The first-order chi connectivity index (χ1) is 12.9. The molecule has 0 bridgehead atoms. The Morgan fingerprint density at radius 2 is 1.41 bits per heavy atom. The second-order valence-corrected chi connectivity index (χ2v) is 6.45. The summed E-state index contributed by atoms with van der Waals surface area (Å²) < 4.78 is 11.2. The fourth-order valence-electron chi connectivity index (χ4n) is 2.16. The lowest BCUT2D eigenvalue weighted by molar-refractivity contribution is -0.114. The standard InChI is InChI=1S/C22H26N2O3/c1-16(2)14-26-20-9-5-7-18(11-20)23-13-22(25)24-19-8-6-10-21(12-19)27-15-17(3)4/h5-12,23H,1,3,13-15H2,2,4H3,(H,24,25). The van der Waals surface area contributed by atoms with Gasteiger partial charge in [0.15, 0.2) is 0 Å². The minimum absolute atomic E-state index is 0.140. The summed E-state index contributed by atoms with van der Waals surface area (Å²) in [5.41, 5.74) is 3.37. The number of amides is 1. The van der Waals surface area contributed by atoms with Crippen LogP contribution in [-0.2, 0) is 4.79 Å². The number of ether oxygens (including phenoxy) is 2. The quantitative estimate of drug-likeness (QED) is 0.601. The average Bonchev–Trinajstić information content (AvgIpc) is 2.64. The molecule has 2 rings (SSSR count). The summed E-state index contributed by atoms with van der Waals surface area (Å²) in [5.74, 6) is 1.26. The molecule has 0 heterocycles. The fraction of sp³-hybridized carbons (Fsp3) is 0.227. The second-order valence-electron chi connectivity index (χ2n) is 6.45. The van der Waals surface area contributed by atoms with E-state index in [1.807, 2.05) is 56.3 Å². The highest BCUT2D eigenvalue weighted by Crippen LogP contribution is 2.19. The summed E-state index contributed by atoms with van der Waals surface area (Å²) in [7, 11) is 0. The van der Waals surface area contributed by atoms with Crippen molar-refractivity contribution >= 4 is 17.3 Å². The first-order valence-corrected chi connectivity index (χ1v) is 8.70. The Morgan fingerprint density at radius 1 is 0.889 bits per heavy atom. The number of carbonyl (C=O) groups excluding carboxylic acids is 1. The third kappa shape index (κ3) is 7.69. The van der Waals surface area contributed by atoms with Crippen LogP contribution in [0.3, 0.4) is 0 Å². The zero-order valence-corrected chi connectivity index (χ0v) is 15.9. The van der Waals surface area contributed by atoms with Gasteiger partial charge in [0.05, 0.1) is 6.54 Å². The van der Waals surface area contributed by atoms with Gasteiger partial charge >= 0.3 is 0 Å². The van der Waals surface area contributed by atoms with Gasteiger partial charge in [0.2, 0.25) is 5.91 Å². The van der Waals surface area contributed by atoms with Crippen molar-refractivity contribution in [3.63, 3.8) is 0 Å². The zero-order valence-electron chi connectivity index (χ0n) is 15.9. The number of hydrogen-bond donors (Lipinski definition) is 2. The van der Waals surface area contributed by atoms with Gasteiger partial charge < -0.3 is 20.1 Å².